The Balaban J connectivity index is 1.66. The van der Waals surface area contributed by atoms with Crippen molar-refractivity contribution in [2.24, 2.45) is 5.92 Å². The number of benzene rings is 1. The van der Waals surface area contributed by atoms with Crippen molar-refractivity contribution >= 4 is 27.6 Å². The number of pyridine rings is 2. The van der Waals surface area contributed by atoms with Gasteiger partial charge in [-0.3, -0.25) is 9.52 Å². The second-order valence-corrected chi connectivity index (χ2v) is 10.2. The number of rotatable bonds is 6. The molecule has 0 aliphatic carbocycles. The average Bonchev–Trinajstić information content (AvgIpc) is 2.83. The standard InChI is InChI=1S/C24H23F3N4O4S/c1-15-5-2-3-7-18(15)19-12-21(29-13-20(19)24(25,26)27)30-36(34,35)17-8-9-28-22(11-17)31-10-4-6-16(14-31)23(32)33/h2-3,5,7-9,11-13,16H,4,6,10,14H2,1H3,(H,29,30)(H,32,33)/t16-/m0/s1. The quantitative estimate of drug-likeness (QED) is 0.490. The molecule has 4 rings (SSSR count). The Morgan fingerprint density at radius 1 is 1.14 bits per heavy atom. The topological polar surface area (TPSA) is 112 Å². The van der Waals surface area contributed by atoms with E-state index in [1.165, 1.54) is 24.4 Å². The van der Waals surface area contributed by atoms with Crippen LogP contribution in [0.25, 0.3) is 11.1 Å². The summed E-state index contributed by atoms with van der Waals surface area (Å²) in [5.74, 6) is -1.49. The smallest absolute Gasteiger partial charge is 0.418 e. The first-order valence-electron chi connectivity index (χ1n) is 11.1. The SMILES string of the molecule is Cc1ccccc1-c1cc(NS(=O)(=O)c2ccnc(N3CCC[C@H](C(=O)O)C3)c2)ncc1C(F)(F)F. The number of aryl methyl sites for hydroxylation is 1. The van der Waals surface area contributed by atoms with Gasteiger partial charge >= 0.3 is 12.1 Å². The highest BCUT2D eigenvalue weighted by molar-refractivity contribution is 7.92. The zero-order valence-electron chi connectivity index (χ0n) is 19.2. The number of carbonyl (C=O) groups is 1. The van der Waals surface area contributed by atoms with Gasteiger partial charge < -0.3 is 10.0 Å². The van der Waals surface area contributed by atoms with Crippen molar-refractivity contribution in [3.05, 3.63) is 66.0 Å². The van der Waals surface area contributed by atoms with E-state index in [0.717, 1.165) is 6.07 Å². The second-order valence-electron chi connectivity index (χ2n) is 8.51. The van der Waals surface area contributed by atoms with E-state index in [1.54, 1.807) is 30.0 Å². The van der Waals surface area contributed by atoms with Gasteiger partial charge in [-0.05, 0) is 48.6 Å². The number of alkyl halides is 3. The number of halogens is 3. The molecule has 36 heavy (non-hydrogen) atoms. The number of carboxylic acids is 1. The molecule has 1 aromatic carbocycles. The van der Waals surface area contributed by atoms with E-state index in [1.807, 2.05) is 0 Å². The van der Waals surface area contributed by atoms with E-state index in [-0.39, 0.29) is 22.8 Å². The summed E-state index contributed by atoms with van der Waals surface area (Å²) in [6.07, 6.45) is -1.66. The van der Waals surface area contributed by atoms with Gasteiger partial charge in [-0.15, -0.1) is 0 Å². The highest BCUT2D eigenvalue weighted by Gasteiger charge is 2.35. The summed E-state index contributed by atoms with van der Waals surface area (Å²) in [5.41, 5.74) is -0.291. The van der Waals surface area contributed by atoms with Crippen LogP contribution >= 0.6 is 0 Å². The minimum Gasteiger partial charge on any atom is -0.481 e. The van der Waals surface area contributed by atoms with Crippen LogP contribution in [0.1, 0.15) is 24.0 Å². The largest absolute Gasteiger partial charge is 0.481 e. The van der Waals surface area contributed by atoms with E-state index in [9.17, 15) is 31.5 Å². The van der Waals surface area contributed by atoms with Crippen LogP contribution in [-0.4, -0.2) is 42.6 Å². The molecule has 190 valence electrons. The molecule has 1 aliphatic rings. The molecule has 1 aliphatic heterocycles. The van der Waals surface area contributed by atoms with Crippen molar-refractivity contribution in [3.8, 4) is 11.1 Å². The average molecular weight is 521 g/mol. The van der Waals surface area contributed by atoms with Gasteiger partial charge in [0.05, 0.1) is 16.4 Å². The summed E-state index contributed by atoms with van der Waals surface area (Å²) in [6, 6.07) is 10.1. The predicted molar refractivity (Wildman–Crippen MR) is 127 cm³/mol. The van der Waals surface area contributed by atoms with Crippen molar-refractivity contribution in [1.29, 1.82) is 0 Å². The highest BCUT2D eigenvalue weighted by Crippen LogP contribution is 2.39. The number of nitrogens with one attached hydrogen (secondary N) is 1. The van der Waals surface area contributed by atoms with Crippen LogP contribution < -0.4 is 9.62 Å². The van der Waals surface area contributed by atoms with Crippen molar-refractivity contribution in [1.82, 2.24) is 9.97 Å². The summed E-state index contributed by atoms with van der Waals surface area (Å²) in [5, 5.41) is 9.31. The molecule has 12 heteroatoms. The maximum Gasteiger partial charge on any atom is 0.418 e. The molecule has 0 saturated carbocycles. The molecule has 1 fully saturated rings. The Kier molecular flexibility index (Phi) is 6.90. The molecular formula is C24H23F3N4O4S. The fourth-order valence-electron chi connectivity index (χ4n) is 4.16. The molecule has 0 amide bonds. The van der Waals surface area contributed by atoms with Gasteiger partial charge in [-0.25, -0.2) is 18.4 Å². The van der Waals surface area contributed by atoms with Crippen LogP contribution in [0.15, 0.2) is 59.8 Å². The minimum absolute atomic E-state index is 0.177. The van der Waals surface area contributed by atoms with Crippen molar-refractivity contribution in [2.75, 3.05) is 22.7 Å². The molecule has 1 saturated heterocycles. The minimum atomic E-state index is -4.69. The summed E-state index contributed by atoms with van der Waals surface area (Å²) < 4.78 is 69.5. The van der Waals surface area contributed by atoms with E-state index in [2.05, 4.69) is 14.7 Å². The van der Waals surface area contributed by atoms with Gasteiger partial charge in [0.25, 0.3) is 10.0 Å². The fraction of sp³-hybridized carbons (Fsp3) is 0.292. The molecule has 0 radical (unpaired) electrons. The van der Waals surface area contributed by atoms with Crippen molar-refractivity contribution < 1.29 is 31.5 Å². The molecule has 0 spiro atoms. The Labute approximate surface area is 205 Å². The van der Waals surface area contributed by atoms with Crippen molar-refractivity contribution in [3.63, 3.8) is 0 Å². The lowest BCUT2D eigenvalue weighted by Crippen LogP contribution is -2.39. The molecular weight excluding hydrogens is 497 g/mol. The molecule has 3 aromatic rings. The molecule has 3 heterocycles. The molecule has 1 atom stereocenters. The Bertz CT molecular complexity index is 1400. The lowest BCUT2D eigenvalue weighted by molar-refractivity contribution is -0.142. The summed E-state index contributed by atoms with van der Waals surface area (Å²) in [7, 11) is -4.24. The number of nitrogens with zero attached hydrogens (tertiary/aromatic N) is 3. The molecule has 2 aromatic heterocycles. The Morgan fingerprint density at radius 3 is 2.58 bits per heavy atom. The molecule has 0 bridgehead atoms. The Hall–Kier alpha value is -3.67. The lowest BCUT2D eigenvalue weighted by Gasteiger charge is -2.31. The van der Waals surface area contributed by atoms with Crippen LogP contribution in [0, 0.1) is 12.8 Å². The van der Waals surface area contributed by atoms with Gasteiger partial charge in [0.15, 0.2) is 0 Å². The van der Waals surface area contributed by atoms with E-state index in [0.29, 0.717) is 42.5 Å². The first kappa shape index (κ1) is 25.4. The maximum absolute atomic E-state index is 13.7. The number of carboxylic acid groups (broad SMARTS) is 1. The first-order chi connectivity index (χ1) is 17.0. The van der Waals surface area contributed by atoms with Gasteiger partial charge in [0.1, 0.15) is 11.6 Å². The number of hydrogen-bond donors (Lipinski definition) is 2. The van der Waals surface area contributed by atoms with Gasteiger partial charge in [-0.1, -0.05) is 24.3 Å². The predicted octanol–water partition coefficient (Wildman–Crippen LogP) is 4.57. The number of aliphatic carboxylic acids is 1. The number of piperidine rings is 1. The summed E-state index contributed by atoms with van der Waals surface area (Å²) >= 11 is 0. The van der Waals surface area contributed by atoms with Gasteiger partial charge in [0.2, 0.25) is 0 Å². The molecule has 2 N–H and O–H groups in total. The molecule has 8 nitrogen and oxygen atoms in total. The van der Waals surface area contributed by atoms with Gasteiger partial charge in [-0.2, -0.15) is 13.2 Å². The normalized spacial score (nSPS) is 16.6. The third kappa shape index (κ3) is 5.43. The highest BCUT2D eigenvalue weighted by atomic mass is 32.2. The van der Waals surface area contributed by atoms with Crippen LogP contribution in [0.5, 0.6) is 0 Å². The number of anilines is 2. The third-order valence-corrected chi connectivity index (χ3v) is 7.36. The Morgan fingerprint density at radius 2 is 1.89 bits per heavy atom. The number of sulfonamides is 1. The fourth-order valence-corrected chi connectivity index (χ4v) is 5.16. The summed E-state index contributed by atoms with van der Waals surface area (Å²) in [4.78, 5) is 20.8. The van der Waals surface area contributed by atoms with Gasteiger partial charge in [0, 0.05) is 31.5 Å². The first-order valence-corrected chi connectivity index (χ1v) is 12.5. The van der Waals surface area contributed by atoms with Crippen molar-refractivity contribution in [2.45, 2.75) is 30.8 Å². The van der Waals surface area contributed by atoms with Crippen LogP contribution in [0.4, 0.5) is 24.8 Å². The number of hydrogen-bond acceptors (Lipinski definition) is 6. The van der Waals surface area contributed by atoms with Crippen LogP contribution in [0.2, 0.25) is 0 Å². The van der Waals surface area contributed by atoms with E-state index < -0.39 is 33.7 Å². The van der Waals surface area contributed by atoms with E-state index >= 15 is 0 Å². The summed E-state index contributed by atoms with van der Waals surface area (Å²) in [6.45, 7) is 2.38. The lowest BCUT2D eigenvalue weighted by atomic mass is 9.97. The monoisotopic (exact) mass is 520 g/mol. The zero-order chi connectivity index (χ0) is 26.1. The zero-order valence-corrected chi connectivity index (χ0v) is 20.0. The van der Waals surface area contributed by atoms with E-state index in [4.69, 9.17) is 0 Å². The maximum atomic E-state index is 13.7. The van der Waals surface area contributed by atoms with Crippen LogP contribution in [0.3, 0.4) is 0 Å². The third-order valence-electron chi connectivity index (χ3n) is 6.01. The van der Waals surface area contributed by atoms with Crippen LogP contribution in [-0.2, 0) is 21.0 Å². The molecule has 0 unspecified atom stereocenters. The second kappa shape index (κ2) is 9.76. The number of aromatic nitrogens is 2.